The van der Waals surface area contributed by atoms with Crippen molar-refractivity contribution in [1.29, 1.82) is 0 Å². The van der Waals surface area contributed by atoms with Crippen molar-refractivity contribution in [3.8, 4) is 0 Å². The molecule has 2 aliphatic heterocycles. The predicted octanol–water partition coefficient (Wildman–Crippen LogP) is -1.64. The van der Waals surface area contributed by atoms with Crippen molar-refractivity contribution in [2.75, 3.05) is 26.7 Å². The number of unbranched alkanes of at least 4 members (excludes halogenated alkanes) is 1. The molecule has 216 valence electrons. The maximum absolute atomic E-state index is 11.4. The highest BCUT2D eigenvalue weighted by atomic mass is 16.7. The third-order valence-corrected chi connectivity index (χ3v) is 7.71. The number of nitrogens with one attached hydrogen (secondary N) is 2. The molecular formula is C25H49N5O7. The normalized spacial score (nSPS) is 43.1. The van der Waals surface area contributed by atoms with Crippen LogP contribution in [0.3, 0.4) is 0 Å². The van der Waals surface area contributed by atoms with E-state index in [-0.39, 0.29) is 19.2 Å². The lowest BCUT2D eigenvalue weighted by Crippen LogP contribution is -2.69. The summed E-state index contributed by atoms with van der Waals surface area (Å²) in [7, 11) is 1.65. The van der Waals surface area contributed by atoms with Gasteiger partial charge >= 0.3 is 0 Å². The SMILES string of the molecule is CCCCC1=C(CN)O[C@H](O[C@H]2[C@H](O)[C@@H](O[C@H]3OC[C@](C)(O)[C@H](NC)[C@H]3O)[C@H](NCC)C[C@@H]2N)[C@H](N)C1. The number of rotatable bonds is 11. The number of hydrogen-bond acceptors (Lipinski definition) is 12. The Hall–Kier alpha value is -0.900. The van der Waals surface area contributed by atoms with Crippen LogP contribution in [0.4, 0.5) is 0 Å². The minimum absolute atomic E-state index is 0.0479. The molecule has 11 N–H and O–H groups in total. The highest BCUT2D eigenvalue weighted by molar-refractivity contribution is 5.15. The number of ether oxygens (including phenoxy) is 4. The van der Waals surface area contributed by atoms with Gasteiger partial charge in [-0.05, 0) is 51.8 Å². The van der Waals surface area contributed by atoms with Gasteiger partial charge in [-0.15, -0.1) is 0 Å². The molecule has 1 aliphatic carbocycles. The summed E-state index contributed by atoms with van der Waals surface area (Å²) in [6.07, 6.45) is -1.88. The lowest BCUT2D eigenvalue weighted by Gasteiger charge is -2.49. The van der Waals surface area contributed by atoms with Crippen LogP contribution in [-0.4, -0.2) is 109 Å². The minimum Gasteiger partial charge on any atom is -0.466 e. The van der Waals surface area contributed by atoms with Gasteiger partial charge in [0.05, 0.1) is 25.2 Å². The Morgan fingerprint density at radius 3 is 2.41 bits per heavy atom. The Labute approximate surface area is 220 Å². The first-order valence-corrected chi connectivity index (χ1v) is 13.6. The summed E-state index contributed by atoms with van der Waals surface area (Å²) in [5, 5.41) is 39.1. The first-order valence-electron chi connectivity index (χ1n) is 13.6. The van der Waals surface area contributed by atoms with Gasteiger partial charge in [-0.1, -0.05) is 20.3 Å². The lowest BCUT2D eigenvalue weighted by atomic mass is 9.83. The van der Waals surface area contributed by atoms with Crippen LogP contribution in [0.5, 0.6) is 0 Å². The molecule has 0 amide bonds. The Kier molecular flexibility index (Phi) is 11.1. The maximum atomic E-state index is 11.4. The topological polar surface area (TPSA) is 200 Å². The fourth-order valence-electron chi connectivity index (χ4n) is 5.69. The molecule has 12 heteroatoms. The quantitative estimate of drug-likeness (QED) is 0.151. The monoisotopic (exact) mass is 531 g/mol. The van der Waals surface area contributed by atoms with E-state index in [4.69, 9.17) is 36.1 Å². The average molecular weight is 532 g/mol. The molecular weight excluding hydrogens is 482 g/mol. The molecule has 0 spiro atoms. The van der Waals surface area contributed by atoms with Gasteiger partial charge in [0.1, 0.15) is 35.8 Å². The molecule has 0 radical (unpaired) electrons. The third kappa shape index (κ3) is 7.00. The van der Waals surface area contributed by atoms with Crippen molar-refractivity contribution in [3.05, 3.63) is 11.3 Å². The number of hydrogen-bond donors (Lipinski definition) is 8. The third-order valence-electron chi connectivity index (χ3n) is 7.71. The summed E-state index contributed by atoms with van der Waals surface area (Å²) in [5.41, 5.74) is 18.7. The molecule has 0 bridgehead atoms. The summed E-state index contributed by atoms with van der Waals surface area (Å²) in [4.78, 5) is 0. The number of nitrogens with two attached hydrogens (primary N) is 3. The summed E-state index contributed by atoms with van der Waals surface area (Å²) in [5.74, 6) is 0.682. The Balaban J connectivity index is 1.75. The van der Waals surface area contributed by atoms with Gasteiger partial charge in [-0.25, -0.2) is 0 Å². The van der Waals surface area contributed by atoms with Crippen molar-refractivity contribution in [1.82, 2.24) is 10.6 Å². The Bertz CT molecular complexity index is 757. The molecule has 3 rings (SSSR count). The van der Waals surface area contributed by atoms with E-state index in [1.54, 1.807) is 14.0 Å². The zero-order chi connectivity index (χ0) is 27.3. The Morgan fingerprint density at radius 1 is 1.08 bits per heavy atom. The van der Waals surface area contributed by atoms with Crippen LogP contribution in [0.2, 0.25) is 0 Å². The minimum atomic E-state index is -1.28. The first kappa shape index (κ1) is 30.6. The van der Waals surface area contributed by atoms with E-state index in [9.17, 15) is 15.3 Å². The Morgan fingerprint density at radius 2 is 1.78 bits per heavy atom. The van der Waals surface area contributed by atoms with Gasteiger partial charge in [-0.2, -0.15) is 0 Å². The molecule has 2 fully saturated rings. The molecule has 12 nitrogen and oxygen atoms in total. The largest absolute Gasteiger partial charge is 0.466 e. The molecule has 3 aliphatic rings. The van der Waals surface area contributed by atoms with Crippen molar-refractivity contribution < 1.29 is 34.3 Å². The zero-order valence-corrected chi connectivity index (χ0v) is 22.6. The van der Waals surface area contributed by atoms with Crippen LogP contribution in [0.1, 0.15) is 52.9 Å². The average Bonchev–Trinajstić information content (AvgIpc) is 2.85. The van der Waals surface area contributed by atoms with Crippen LogP contribution in [0.15, 0.2) is 11.3 Å². The van der Waals surface area contributed by atoms with E-state index in [1.165, 1.54) is 0 Å². The highest BCUT2D eigenvalue weighted by Crippen LogP contribution is 2.33. The van der Waals surface area contributed by atoms with E-state index < -0.39 is 60.7 Å². The van der Waals surface area contributed by atoms with Crippen LogP contribution in [0.25, 0.3) is 0 Å². The van der Waals surface area contributed by atoms with Crippen LogP contribution in [-0.2, 0) is 18.9 Å². The smallest absolute Gasteiger partial charge is 0.215 e. The van der Waals surface area contributed by atoms with Crippen molar-refractivity contribution in [2.24, 2.45) is 17.2 Å². The lowest BCUT2D eigenvalue weighted by molar-refractivity contribution is -0.304. The zero-order valence-electron chi connectivity index (χ0n) is 22.6. The van der Waals surface area contributed by atoms with E-state index in [0.29, 0.717) is 25.1 Å². The van der Waals surface area contributed by atoms with E-state index in [0.717, 1.165) is 24.8 Å². The van der Waals surface area contributed by atoms with E-state index >= 15 is 0 Å². The standard InChI is InChI=1S/C25H49N5O7/c1-5-7-8-13-9-15(28)23(35-17(13)11-26)36-20-14(27)10-16(30-6-2)21(18(20)31)37-24-19(32)22(29-4)25(3,33)12-34-24/h14-16,18-24,29-33H,5-12,26-28H2,1-4H3/t14-,15+,16+,18-,19+,20+,21-,22+,23+,24+,25-/m0/s1. The van der Waals surface area contributed by atoms with Crippen LogP contribution in [0, 0.1) is 0 Å². The summed E-state index contributed by atoms with van der Waals surface area (Å²) in [6.45, 7) is 6.48. The first-order chi connectivity index (χ1) is 17.6. The molecule has 2 heterocycles. The molecule has 0 aromatic rings. The van der Waals surface area contributed by atoms with E-state index in [1.807, 2.05) is 6.92 Å². The van der Waals surface area contributed by atoms with Gasteiger partial charge in [0.25, 0.3) is 0 Å². The highest BCUT2D eigenvalue weighted by Gasteiger charge is 2.51. The van der Waals surface area contributed by atoms with Gasteiger partial charge in [0, 0.05) is 12.1 Å². The van der Waals surface area contributed by atoms with Gasteiger partial charge in [0.2, 0.25) is 6.29 Å². The molecule has 1 saturated heterocycles. The molecule has 0 aromatic heterocycles. The summed E-state index contributed by atoms with van der Waals surface area (Å²) < 4.78 is 24.1. The molecule has 0 unspecified atom stereocenters. The molecule has 11 atom stereocenters. The van der Waals surface area contributed by atoms with Gasteiger partial charge in [-0.3, -0.25) is 0 Å². The number of likely N-dealkylation sites (N-methyl/N-ethyl adjacent to an activating group) is 2. The second-order valence-corrected chi connectivity index (χ2v) is 10.7. The molecule has 1 saturated carbocycles. The number of aliphatic hydroxyl groups excluding tert-OH is 2. The van der Waals surface area contributed by atoms with E-state index in [2.05, 4.69) is 17.6 Å². The van der Waals surface area contributed by atoms with Crippen LogP contribution >= 0.6 is 0 Å². The van der Waals surface area contributed by atoms with Crippen molar-refractivity contribution in [2.45, 2.75) is 120 Å². The summed E-state index contributed by atoms with van der Waals surface area (Å²) >= 11 is 0. The maximum Gasteiger partial charge on any atom is 0.215 e. The van der Waals surface area contributed by atoms with Crippen molar-refractivity contribution >= 4 is 0 Å². The second kappa shape index (κ2) is 13.4. The predicted molar refractivity (Wildman–Crippen MR) is 138 cm³/mol. The van der Waals surface area contributed by atoms with Crippen LogP contribution < -0.4 is 27.8 Å². The molecule has 37 heavy (non-hydrogen) atoms. The summed E-state index contributed by atoms with van der Waals surface area (Å²) in [6, 6.07) is -1.96. The fraction of sp³-hybridized carbons (Fsp3) is 0.920. The van der Waals surface area contributed by atoms with Gasteiger partial charge < -0.3 is 62.1 Å². The fourth-order valence-corrected chi connectivity index (χ4v) is 5.69. The number of aliphatic hydroxyl groups is 3. The molecule has 0 aromatic carbocycles. The van der Waals surface area contributed by atoms with Gasteiger partial charge in [0.15, 0.2) is 6.29 Å². The second-order valence-electron chi connectivity index (χ2n) is 10.7. The van der Waals surface area contributed by atoms with Crippen molar-refractivity contribution in [3.63, 3.8) is 0 Å².